The highest BCUT2D eigenvalue weighted by atomic mass is 127. The van der Waals surface area contributed by atoms with Gasteiger partial charge in [0.2, 0.25) is 0 Å². The third-order valence-corrected chi connectivity index (χ3v) is 3.78. The van der Waals surface area contributed by atoms with Crippen molar-refractivity contribution in [2.24, 2.45) is 0 Å². The maximum atomic E-state index is 11.6. The molecule has 0 saturated carbocycles. The van der Waals surface area contributed by atoms with E-state index in [1.165, 1.54) is 0 Å². The van der Waals surface area contributed by atoms with E-state index in [9.17, 15) is 4.79 Å². The van der Waals surface area contributed by atoms with Gasteiger partial charge in [-0.05, 0) is 29.5 Å². The Hall–Kier alpha value is -0.850. The summed E-state index contributed by atoms with van der Waals surface area (Å²) in [6.07, 6.45) is 0. The number of nitrogens with zero attached hydrogens (tertiary/aromatic N) is 2. The van der Waals surface area contributed by atoms with Crippen LogP contribution in [0.1, 0.15) is 32.2 Å². The van der Waals surface area contributed by atoms with E-state index >= 15 is 0 Å². The van der Waals surface area contributed by atoms with Gasteiger partial charge in [0.05, 0.1) is 15.0 Å². The molecule has 1 N–H and O–H groups in total. The first-order valence-corrected chi connectivity index (χ1v) is 6.17. The molecule has 0 aliphatic carbocycles. The predicted molar refractivity (Wildman–Crippen MR) is 72.0 cm³/mol. The molecule has 2 aromatic heterocycles. The molecule has 0 radical (unpaired) electrons. The number of H-pyrrole nitrogens is 1. The molecule has 0 unspecified atom stereocenters. The molecular formula is C11H14IN3O. The van der Waals surface area contributed by atoms with Crippen molar-refractivity contribution in [1.82, 2.24) is 14.6 Å². The van der Waals surface area contributed by atoms with E-state index < -0.39 is 0 Å². The van der Waals surface area contributed by atoms with Gasteiger partial charge < -0.3 is 4.98 Å². The van der Waals surface area contributed by atoms with Gasteiger partial charge in [0.1, 0.15) is 5.65 Å². The fraction of sp³-hybridized carbons (Fsp3) is 0.455. The fourth-order valence-electron chi connectivity index (χ4n) is 1.66. The summed E-state index contributed by atoms with van der Waals surface area (Å²) in [4.78, 5) is 14.4. The van der Waals surface area contributed by atoms with Gasteiger partial charge in [-0.2, -0.15) is 5.10 Å². The number of rotatable bonds is 0. The highest BCUT2D eigenvalue weighted by Crippen LogP contribution is 2.23. The molecule has 0 aliphatic heterocycles. The van der Waals surface area contributed by atoms with Crippen LogP contribution in [0.4, 0.5) is 0 Å². The summed E-state index contributed by atoms with van der Waals surface area (Å²) in [5.41, 5.74) is 2.48. The Morgan fingerprint density at radius 3 is 2.62 bits per heavy atom. The van der Waals surface area contributed by atoms with Gasteiger partial charge in [0, 0.05) is 11.5 Å². The summed E-state index contributed by atoms with van der Waals surface area (Å²) in [6.45, 7) is 8.17. The van der Waals surface area contributed by atoms with Crippen molar-refractivity contribution in [2.45, 2.75) is 33.1 Å². The van der Waals surface area contributed by atoms with E-state index in [1.807, 2.05) is 11.4 Å². The average Bonchev–Trinajstić information content (AvgIpc) is 2.42. The number of fused-ring (bicyclic) bond motifs is 1. The molecule has 0 fully saturated rings. The minimum Gasteiger partial charge on any atom is -0.306 e. The van der Waals surface area contributed by atoms with Gasteiger partial charge >= 0.3 is 0 Å². The third-order valence-electron chi connectivity index (χ3n) is 2.49. The highest BCUT2D eigenvalue weighted by molar-refractivity contribution is 14.1. The summed E-state index contributed by atoms with van der Waals surface area (Å²) in [5, 5.41) is 4.46. The zero-order valence-electron chi connectivity index (χ0n) is 9.76. The number of halogens is 1. The molecule has 0 amide bonds. The zero-order chi connectivity index (χ0) is 12.1. The first kappa shape index (κ1) is 11.6. The summed E-state index contributed by atoms with van der Waals surface area (Å²) >= 11 is 2.21. The monoisotopic (exact) mass is 331 g/mol. The van der Waals surface area contributed by atoms with Crippen LogP contribution >= 0.6 is 22.6 Å². The van der Waals surface area contributed by atoms with Crippen LogP contribution in [-0.2, 0) is 5.41 Å². The lowest BCUT2D eigenvalue weighted by atomic mass is 9.92. The first-order chi connectivity index (χ1) is 7.30. The van der Waals surface area contributed by atoms with Crippen molar-refractivity contribution in [3.05, 3.63) is 31.4 Å². The van der Waals surface area contributed by atoms with E-state index in [4.69, 9.17) is 0 Å². The van der Waals surface area contributed by atoms with E-state index in [0.717, 1.165) is 20.6 Å². The van der Waals surface area contributed by atoms with Crippen LogP contribution < -0.4 is 5.56 Å². The molecule has 0 aliphatic rings. The van der Waals surface area contributed by atoms with Crippen LogP contribution in [0.2, 0.25) is 0 Å². The highest BCUT2D eigenvalue weighted by Gasteiger charge is 2.21. The average molecular weight is 331 g/mol. The van der Waals surface area contributed by atoms with Crippen LogP contribution in [0.25, 0.3) is 5.65 Å². The molecule has 2 rings (SSSR count). The van der Waals surface area contributed by atoms with E-state index in [-0.39, 0.29) is 11.0 Å². The first-order valence-electron chi connectivity index (χ1n) is 5.09. The van der Waals surface area contributed by atoms with Gasteiger partial charge in [-0.15, -0.1) is 0 Å². The normalized spacial score (nSPS) is 12.3. The standard InChI is InChI=1S/C11H14IN3O/c1-6-9(12)10-13-8(16)5-7(11(2,3)4)15(10)14-6/h5H,1-4H3,(H,13,16). The van der Waals surface area contributed by atoms with Crippen LogP contribution in [-0.4, -0.2) is 14.6 Å². The largest absolute Gasteiger partial charge is 0.306 e. The lowest BCUT2D eigenvalue weighted by Crippen LogP contribution is -2.22. The SMILES string of the molecule is Cc1nn2c(C(C)(C)C)cc(=O)[nH]c2c1I. The quantitative estimate of drug-likeness (QED) is 0.753. The Balaban J connectivity index is 2.95. The lowest BCUT2D eigenvalue weighted by molar-refractivity contribution is 0.544. The minimum absolute atomic E-state index is 0.0739. The summed E-state index contributed by atoms with van der Waals surface area (Å²) < 4.78 is 2.83. The summed E-state index contributed by atoms with van der Waals surface area (Å²) in [5.74, 6) is 0. The van der Waals surface area contributed by atoms with Crippen molar-refractivity contribution in [3.63, 3.8) is 0 Å². The van der Waals surface area contributed by atoms with Crippen LogP contribution in [0.3, 0.4) is 0 Å². The number of aromatic nitrogens is 3. The van der Waals surface area contributed by atoms with Crippen LogP contribution in [0.5, 0.6) is 0 Å². The molecule has 0 aromatic carbocycles. The number of nitrogens with one attached hydrogen (secondary N) is 1. The topological polar surface area (TPSA) is 50.2 Å². The number of hydrogen-bond donors (Lipinski definition) is 1. The van der Waals surface area contributed by atoms with Crippen molar-refractivity contribution in [1.29, 1.82) is 0 Å². The molecule has 4 nitrogen and oxygen atoms in total. The molecule has 86 valence electrons. The van der Waals surface area contributed by atoms with Crippen LogP contribution in [0.15, 0.2) is 10.9 Å². The molecule has 0 spiro atoms. The molecule has 0 saturated heterocycles. The lowest BCUT2D eigenvalue weighted by Gasteiger charge is -2.19. The Labute approximate surface area is 107 Å². The summed E-state index contributed by atoms with van der Waals surface area (Å²) in [7, 11) is 0. The maximum absolute atomic E-state index is 11.6. The Bertz CT molecular complexity index is 604. The van der Waals surface area contributed by atoms with Gasteiger partial charge in [0.25, 0.3) is 5.56 Å². The third kappa shape index (κ3) is 1.77. The fourth-order valence-corrected chi connectivity index (χ4v) is 2.13. The molecule has 16 heavy (non-hydrogen) atoms. The zero-order valence-corrected chi connectivity index (χ0v) is 11.9. The smallest absolute Gasteiger partial charge is 0.251 e. The van der Waals surface area contributed by atoms with Crippen molar-refractivity contribution in [3.8, 4) is 0 Å². The van der Waals surface area contributed by atoms with Gasteiger partial charge in [-0.25, -0.2) is 4.52 Å². The summed E-state index contributed by atoms with van der Waals surface area (Å²) in [6, 6.07) is 1.62. The molecule has 0 bridgehead atoms. The number of hydrogen-bond acceptors (Lipinski definition) is 2. The minimum atomic E-state index is -0.103. The maximum Gasteiger partial charge on any atom is 0.251 e. The van der Waals surface area contributed by atoms with Crippen molar-refractivity contribution in [2.75, 3.05) is 0 Å². The van der Waals surface area contributed by atoms with Gasteiger partial charge in [0.15, 0.2) is 0 Å². The van der Waals surface area contributed by atoms with Crippen LogP contribution in [0, 0.1) is 10.5 Å². The van der Waals surface area contributed by atoms with Gasteiger partial charge in [-0.3, -0.25) is 4.79 Å². The second kappa shape index (κ2) is 3.58. The number of aryl methyl sites for hydroxylation is 1. The molecule has 2 heterocycles. The van der Waals surface area contributed by atoms with Crippen molar-refractivity contribution >= 4 is 28.2 Å². The molecule has 5 heteroatoms. The Kier molecular flexibility index (Phi) is 2.60. The predicted octanol–water partition coefficient (Wildman–Crippen LogP) is 2.23. The second-order valence-corrected chi connectivity index (χ2v) is 6.01. The number of aromatic amines is 1. The van der Waals surface area contributed by atoms with E-state index in [2.05, 4.69) is 53.4 Å². The second-order valence-electron chi connectivity index (χ2n) is 4.93. The van der Waals surface area contributed by atoms with Gasteiger partial charge in [-0.1, -0.05) is 20.8 Å². The Morgan fingerprint density at radius 2 is 2.06 bits per heavy atom. The van der Waals surface area contributed by atoms with Crippen molar-refractivity contribution < 1.29 is 0 Å². The molecule has 2 aromatic rings. The van der Waals surface area contributed by atoms with E-state index in [1.54, 1.807) is 6.07 Å². The van der Waals surface area contributed by atoms with E-state index in [0.29, 0.717) is 0 Å². The molecular weight excluding hydrogens is 317 g/mol. The Morgan fingerprint density at radius 1 is 1.44 bits per heavy atom. The molecule has 0 atom stereocenters.